The maximum absolute atomic E-state index is 10.3. The number of aliphatic hydroxyl groups excluding tert-OH is 1. The fraction of sp³-hybridized carbons (Fsp3) is 0.250. The average molecular weight is 277 g/mol. The molecule has 1 N–H and O–H groups in total. The highest BCUT2D eigenvalue weighted by Crippen LogP contribution is 2.29. The minimum Gasteiger partial charge on any atom is -0.495 e. The number of benzene rings is 2. The summed E-state index contributed by atoms with van der Waals surface area (Å²) in [7, 11) is 1.57. The molecule has 100 valence electrons. The number of rotatable bonds is 4. The van der Waals surface area contributed by atoms with E-state index >= 15 is 0 Å². The molecule has 0 aromatic heterocycles. The lowest BCUT2D eigenvalue weighted by atomic mass is 9.98. The summed E-state index contributed by atoms with van der Waals surface area (Å²) in [5, 5.41) is 10.9. The SMILES string of the molecule is COc1cc(C(O)Cc2ccccc2C)ccc1Cl. The van der Waals surface area contributed by atoms with Crippen LogP contribution in [0.15, 0.2) is 42.5 Å². The van der Waals surface area contributed by atoms with E-state index in [1.54, 1.807) is 19.2 Å². The molecule has 0 radical (unpaired) electrons. The van der Waals surface area contributed by atoms with Crippen LogP contribution < -0.4 is 4.74 Å². The van der Waals surface area contributed by atoms with E-state index in [1.165, 1.54) is 5.56 Å². The molecular weight excluding hydrogens is 260 g/mol. The van der Waals surface area contributed by atoms with Crippen LogP contribution in [0.5, 0.6) is 5.75 Å². The summed E-state index contributed by atoms with van der Waals surface area (Å²) in [4.78, 5) is 0. The largest absolute Gasteiger partial charge is 0.495 e. The Morgan fingerprint density at radius 1 is 1.21 bits per heavy atom. The molecule has 0 saturated heterocycles. The quantitative estimate of drug-likeness (QED) is 0.917. The number of aryl methyl sites for hydroxylation is 1. The summed E-state index contributed by atoms with van der Waals surface area (Å²) in [5.41, 5.74) is 3.14. The Balaban J connectivity index is 2.20. The number of hydrogen-bond donors (Lipinski definition) is 1. The summed E-state index contributed by atoms with van der Waals surface area (Å²) < 4.78 is 5.17. The summed E-state index contributed by atoms with van der Waals surface area (Å²) in [6.07, 6.45) is 0.0181. The highest BCUT2D eigenvalue weighted by Gasteiger charge is 2.12. The third-order valence-electron chi connectivity index (χ3n) is 3.23. The Bertz CT molecular complexity index is 566. The molecule has 0 saturated carbocycles. The molecule has 0 amide bonds. The van der Waals surface area contributed by atoms with Gasteiger partial charge in [0.05, 0.1) is 18.2 Å². The van der Waals surface area contributed by atoms with Gasteiger partial charge >= 0.3 is 0 Å². The second-order valence-corrected chi connectivity index (χ2v) is 4.95. The van der Waals surface area contributed by atoms with Crippen LogP contribution in [0.2, 0.25) is 5.02 Å². The first-order chi connectivity index (χ1) is 9.11. The molecule has 2 aromatic rings. The van der Waals surface area contributed by atoms with E-state index in [2.05, 4.69) is 0 Å². The van der Waals surface area contributed by atoms with Gasteiger partial charge in [-0.3, -0.25) is 0 Å². The second-order valence-electron chi connectivity index (χ2n) is 4.54. The lowest BCUT2D eigenvalue weighted by Crippen LogP contribution is -2.03. The third-order valence-corrected chi connectivity index (χ3v) is 3.55. The normalized spacial score (nSPS) is 12.2. The highest BCUT2D eigenvalue weighted by molar-refractivity contribution is 6.32. The molecule has 1 atom stereocenters. The van der Waals surface area contributed by atoms with Crippen LogP contribution in [0.4, 0.5) is 0 Å². The molecule has 1 unspecified atom stereocenters. The van der Waals surface area contributed by atoms with Crippen molar-refractivity contribution in [3.63, 3.8) is 0 Å². The van der Waals surface area contributed by atoms with Crippen molar-refractivity contribution in [2.75, 3.05) is 7.11 Å². The first kappa shape index (κ1) is 13.9. The van der Waals surface area contributed by atoms with Crippen LogP contribution in [0.1, 0.15) is 22.8 Å². The van der Waals surface area contributed by atoms with E-state index in [1.807, 2.05) is 37.3 Å². The molecule has 0 spiro atoms. The van der Waals surface area contributed by atoms with E-state index < -0.39 is 6.10 Å². The summed E-state index contributed by atoms with van der Waals surface area (Å²) in [6, 6.07) is 13.4. The molecule has 0 bridgehead atoms. The second kappa shape index (κ2) is 6.09. The van der Waals surface area contributed by atoms with Crippen LogP contribution in [-0.2, 0) is 6.42 Å². The molecular formula is C16H17ClO2. The Hall–Kier alpha value is -1.51. The zero-order valence-corrected chi connectivity index (χ0v) is 11.8. The van der Waals surface area contributed by atoms with Crippen LogP contribution in [-0.4, -0.2) is 12.2 Å². The summed E-state index contributed by atoms with van der Waals surface area (Å²) in [6.45, 7) is 2.05. The van der Waals surface area contributed by atoms with Crippen molar-refractivity contribution >= 4 is 11.6 Å². The monoisotopic (exact) mass is 276 g/mol. The zero-order chi connectivity index (χ0) is 13.8. The predicted molar refractivity (Wildman–Crippen MR) is 77.8 cm³/mol. The van der Waals surface area contributed by atoms with Gasteiger partial charge in [-0.15, -0.1) is 0 Å². The molecule has 3 heteroatoms. The molecule has 2 nitrogen and oxygen atoms in total. The number of ether oxygens (including phenoxy) is 1. The van der Waals surface area contributed by atoms with E-state index in [0.717, 1.165) is 11.1 Å². The predicted octanol–water partition coefficient (Wildman–Crippen LogP) is 3.93. The summed E-state index contributed by atoms with van der Waals surface area (Å²) >= 11 is 5.98. The van der Waals surface area contributed by atoms with Gasteiger partial charge in [0, 0.05) is 6.42 Å². The summed E-state index contributed by atoms with van der Waals surface area (Å²) in [5.74, 6) is 0.586. The van der Waals surface area contributed by atoms with E-state index in [4.69, 9.17) is 16.3 Å². The molecule has 0 heterocycles. The lowest BCUT2D eigenvalue weighted by Gasteiger charge is -2.14. The van der Waals surface area contributed by atoms with Crippen molar-refractivity contribution in [2.45, 2.75) is 19.4 Å². The Kier molecular flexibility index (Phi) is 4.46. The van der Waals surface area contributed by atoms with Crippen molar-refractivity contribution < 1.29 is 9.84 Å². The fourth-order valence-corrected chi connectivity index (χ4v) is 2.24. The van der Waals surface area contributed by atoms with Gasteiger partial charge < -0.3 is 9.84 Å². The van der Waals surface area contributed by atoms with Gasteiger partial charge in [-0.1, -0.05) is 41.9 Å². The topological polar surface area (TPSA) is 29.5 Å². The zero-order valence-electron chi connectivity index (χ0n) is 11.1. The maximum Gasteiger partial charge on any atom is 0.137 e. The van der Waals surface area contributed by atoms with Gasteiger partial charge in [-0.25, -0.2) is 0 Å². The van der Waals surface area contributed by atoms with Gasteiger partial charge in [0.2, 0.25) is 0 Å². The number of methoxy groups -OCH3 is 1. The number of hydrogen-bond acceptors (Lipinski definition) is 2. The van der Waals surface area contributed by atoms with Crippen molar-refractivity contribution in [3.05, 3.63) is 64.2 Å². The number of aliphatic hydroxyl groups is 1. The van der Waals surface area contributed by atoms with Gasteiger partial charge in [0.15, 0.2) is 0 Å². The highest BCUT2D eigenvalue weighted by atomic mass is 35.5. The van der Waals surface area contributed by atoms with Gasteiger partial charge in [-0.2, -0.15) is 0 Å². The first-order valence-electron chi connectivity index (χ1n) is 6.18. The Morgan fingerprint density at radius 3 is 2.63 bits per heavy atom. The molecule has 19 heavy (non-hydrogen) atoms. The van der Waals surface area contributed by atoms with Crippen molar-refractivity contribution in [1.82, 2.24) is 0 Å². The third kappa shape index (κ3) is 3.28. The number of halogens is 1. The van der Waals surface area contributed by atoms with Crippen molar-refractivity contribution in [3.8, 4) is 5.75 Å². The van der Waals surface area contributed by atoms with Gasteiger partial charge in [0.25, 0.3) is 0 Å². The Labute approximate surface area is 118 Å². The lowest BCUT2D eigenvalue weighted by molar-refractivity contribution is 0.178. The van der Waals surface area contributed by atoms with Crippen LogP contribution in [0, 0.1) is 6.92 Å². The molecule has 2 rings (SSSR count). The van der Waals surface area contributed by atoms with Crippen LogP contribution in [0.25, 0.3) is 0 Å². The van der Waals surface area contributed by atoms with E-state index in [0.29, 0.717) is 17.2 Å². The van der Waals surface area contributed by atoms with Gasteiger partial charge in [0.1, 0.15) is 5.75 Å². The maximum atomic E-state index is 10.3. The smallest absolute Gasteiger partial charge is 0.137 e. The molecule has 0 aliphatic carbocycles. The molecule has 0 aliphatic rings. The van der Waals surface area contributed by atoms with E-state index in [9.17, 15) is 5.11 Å². The minimum absolute atomic E-state index is 0.550. The molecule has 0 aliphatic heterocycles. The van der Waals surface area contributed by atoms with Gasteiger partial charge in [-0.05, 0) is 35.7 Å². The van der Waals surface area contributed by atoms with Crippen molar-refractivity contribution in [1.29, 1.82) is 0 Å². The van der Waals surface area contributed by atoms with Crippen LogP contribution >= 0.6 is 11.6 Å². The first-order valence-corrected chi connectivity index (χ1v) is 6.55. The fourth-order valence-electron chi connectivity index (χ4n) is 2.05. The minimum atomic E-state index is -0.563. The Morgan fingerprint density at radius 2 is 1.95 bits per heavy atom. The van der Waals surface area contributed by atoms with Crippen molar-refractivity contribution in [2.24, 2.45) is 0 Å². The van der Waals surface area contributed by atoms with E-state index in [-0.39, 0.29) is 0 Å². The average Bonchev–Trinajstić information content (AvgIpc) is 2.42. The molecule has 0 fully saturated rings. The standard InChI is InChI=1S/C16H17ClO2/c1-11-5-3-4-6-12(11)9-15(18)13-7-8-14(17)16(10-13)19-2/h3-8,10,15,18H,9H2,1-2H3. The van der Waals surface area contributed by atoms with Crippen LogP contribution in [0.3, 0.4) is 0 Å². The molecule has 2 aromatic carbocycles.